The molecule has 0 spiro atoms. The summed E-state index contributed by atoms with van der Waals surface area (Å²) in [6.07, 6.45) is 5.56. The molecule has 0 radical (unpaired) electrons. The first-order valence-electron chi connectivity index (χ1n) is 6.71. The molecule has 2 rings (SSSR count). The Kier molecular flexibility index (Phi) is 5.07. The molecule has 3 atom stereocenters. The smallest absolute Gasteiger partial charge is 0.0368 e. The maximum absolute atomic E-state index is 3.69. The summed E-state index contributed by atoms with van der Waals surface area (Å²) in [5.74, 6) is 1.78. The number of thiophene rings is 1. The van der Waals surface area contributed by atoms with Gasteiger partial charge in [-0.05, 0) is 58.1 Å². The summed E-state index contributed by atoms with van der Waals surface area (Å²) < 4.78 is 1.29. The molecule has 1 aliphatic carbocycles. The highest BCUT2D eigenvalue weighted by atomic mass is 79.9. The fraction of sp³-hybridized carbons (Fsp3) is 0.714. The lowest BCUT2D eigenvalue weighted by Gasteiger charge is -2.24. The van der Waals surface area contributed by atoms with Crippen molar-refractivity contribution in [2.24, 2.45) is 11.8 Å². The second-order valence-electron chi connectivity index (χ2n) is 5.06. The van der Waals surface area contributed by atoms with E-state index in [2.05, 4.69) is 45.9 Å². The van der Waals surface area contributed by atoms with Gasteiger partial charge in [-0.25, -0.2) is 0 Å². The quantitative estimate of drug-likeness (QED) is 0.807. The molecular formula is C14H22BrNS. The van der Waals surface area contributed by atoms with E-state index in [1.165, 1.54) is 35.7 Å². The van der Waals surface area contributed by atoms with Crippen LogP contribution in [0.3, 0.4) is 0 Å². The van der Waals surface area contributed by atoms with Gasteiger partial charge in [0.1, 0.15) is 0 Å². The topological polar surface area (TPSA) is 12.0 Å². The third kappa shape index (κ3) is 3.12. The van der Waals surface area contributed by atoms with E-state index in [-0.39, 0.29) is 0 Å². The predicted octanol–water partition coefficient (Wildman–Crippen LogP) is 4.99. The molecule has 1 fully saturated rings. The van der Waals surface area contributed by atoms with E-state index in [9.17, 15) is 0 Å². The fourth-order valence-electron chi connectivity index (χ4n) is 3.05. The maximum atomic E-state index is 3.69. The maximum Gasteiger partial charge on any atom is 0.0368 e. The van der Waals surface area contributed by atoms with Crippen molar-refractivity contribution in [3.63, 3.8) is 0 Å². The number of hydrogen-bond donors (Lipinski definition) is 1. The average Bonchev–Trinajstić information content (AvgIpc) is 2.95. The van der Waals surface area contributed by atoms with E-state index < -0.39 is 0 Å². The van der Waals surface area contributed by atoms with Crippen LogP contribution >= 0.6 is 27.3 Å². The minimum absolute atomic E-state index is 0.553. The van der Waals surface area contributed by atoms with Crippen molar-refractivity contribution < 1.29 is 0 Å². The molecule has 3 unspecified atom stereocenters. The van der Waals surface area contributed by atoms with Crippen molar-refractivity contribution in [3.05, 3.63) is 20.8 Å². The van der Waals surface area contributed by atoms with E-state index in [4.69, 9.17) is 0 Å². The van der Waals surface area contributed by atoms with Gasteiger partial charge < -0.3 is 5.32 Å². The summed E-state index contributed by atoms with van der Waals surface area (Å²) in [5.41, 5.74) is 1.47. The van der Waals surface area contributed by atoms with Crippen LogP contribution < -0.4 is 5.32 Å². The van der Waals surface area contributed by atoms with Gasteiger partial charge in [0.05, 0.1) is 0 Å². The molecule has 0 amide bonds. The van der Waals surface area contributed by atoms with Crippen LogP contribution in [-0.4, -0.2) is 6.54 Å². The van der Waals surface area contributed by atoms with Gasteiger partial charge in [0.15, 0.2) is 0 Å². The van der Waals surface area contributed by atoms with Crippen molar-refractivity contribution in [2.75, 3.05) is 6.54 Å². The second-order valence-corrected chi connectivity index (χ2v) is 6.66. The van der Waals surface area contributed by atoms with Crippen molar-refractivity contribution >= 4 is 27.3 Å². The summed E-state index contributed by atoms with van der Waals surface area (Å²) in [6.45, 7) is 5.59. The van der Waals surface area contributed by atoms with Gasteiger partial charge in [-0.2, -0.15) is 11.3 Å². The van der Waals surface area contributed by atoms with E-state index in [0.29, 0.717) is 6.04 Å². The van der Waals surface area contributed by atoms with E-state index in [1.807, 2.05) is 0 Å². The summed E-state index contributed by atoms with van der Waals surface area (Å²) in [7, 11) is 0. The number of nitrogens with one attached hydrogen (secondary N) is 1. The van der Waals surface area contributed by atoms with Crippen LogP contribution in [0.25, 0.3) is 0 Å². The highest BCUT2D eigenvalue weighted by molar-refractivity contribution is 9.10. The van der Waals surface area contributed by atoms with Crippen LogP contribution in [0.1, 0.15) is 51.1 Å². The standard InChI is InChI=1S/C14H22BrNS/c1-3-10-5-6-11(7-10)14(16-4-2)12-8-17-9-13(12)15/h8-11,14,16H,3-7H2,1-2H3. The van der Waals surface area contributed by atoms with Gasteiger partial charge in [-0.15, -0.1) is 0 Å². The molecule has 1 N–H and O–H groups in total. The number of hydrogen-bond acceptors (Lipinski definition) is 2. The number of halogens is 1. The van der Waals surface area contributed by atoms with Gasteiger partial charge in [0.2, 0.25) is 0 Å². The molecule has 0 bridgehead atoms. The highest BCUT2D eigenvalue weighted by Gasteiger charge is 2.31. The lowest BCUT2D eigenvalue weighted by Crippen LogP contribution is -2.27. The van der Waals surface area contributed by atoms with Crippen molar-refractivity contribution in [2.45, 2.75) is 45.6 Å². The predicted molar refractivity (Wildman–Crippen MR) is 79.6 cm³/mol. The van der Waals surface area contributed by atoms with Crippen molar-refractivity contribution in [3.8, 4) is 0 Å². The molecule has 0 aliphatic heterocycles. The SMILES string of the molecule is CCNC(c1cscc1Br)C1CCC(CC)C1. The lowest BCUT2D eigenvalue weighted by molar-refractivity contribution is 0.359. The Balaban J connectivity index is 2.10. The molecule has 1 nitrogen and oxygen atoms in total. The molecule has 3 heteroatoms. The zero-order valence-corrected chi connectivity index (χ0v) is 13.1. The molecule has 1 aliphatic rings. The molecular weight excluding hydrogens is 294 g/mol. The van der Waals surface area contributed by atoms with Crippen molar-refractivity contribution in [1.29, 1.82) is 0 Å². The monoisotopic (exact) mass is 315 g/mol. The minimum Gasteiger partial charge on any atom is -0.310 e. The van der Waals surface area contributed by atoms with Crippen LogP contribution in [0.2, 0.25) is 0 Å². The molecule has 1 saturated carbocycles. The molecule has 17 heavy (non-hydrogen) atoms. The van der Waals surface area contributed by atoms with Crippen LogP contribution in [0, 0.1) is 11.8 Å². The third-order valence-corrected chi connectivity index (χ3v) is 5.78. The molecule has 0 saturated heterocycles. The summed E-state index contributed by atoms with van der Waals surface area (Å²) in [4.78, 5) is 0. The van der Waals surface area contributed by atoms with Crippen LogP contribution in [0.5, 0.6) is 0 Å². The zero-order chi connectivity index (χ0) is 12.3. The Hall–Kier alpha value is 0.140. The van der Waals surface area contributed by atoms with Gasteiger partial charge in [0, 0.05) is 15.9 Å². The minimum atomic E-state index is 0.553. The van der Waals surface area contributed by atoms with Gasteiger partial charge in [-0.3, -0.25) is 0 Å². The van der Waals surface area contributed by atoms with E-state index >= 15 is 0 Å². The summed E-state index contributed by atoms with van der Waals surface area (Å²) in [5, 5.41) is 8.19. The van der Waals surface area contributed by atoms with Crippen molar-refractivity contribution in [1.82, 2.24) is 5.32 Å². The average molecular weight is 316 g/mol. The van der Waals surface area contributed by atoms with E-state index in [1.54, 1.807) is 11.3 Å². The Morgan fingerprint density at radius 2 is 2.24 bits per heavy atom. The Labute approximate surface area is 117 Å². The van der Waals surface area contributed by atoms with Gasteiger partial charge in [0.25, 0.3) is 0 Å². The normalized spacial score (nSPS) is 26.3. The molecule has 1 aromatic rings. The van der Waals surface area contributed by atoms with E-state index in [0.717, 1.165) is 18.4 Å². The summed E-state index contributed by atoms with van der Waals surface area (Å²) >= 11 is 5.49. The number of rotatable bonds is 5. The summed E-state index contributed by atoms with van der Waals surface area (Å²) in [6, 6.07) is 0.553. The first-order valence-corrected chi connectivity index (χ1v) is 8.44. The molecule has 1 heterocycles. The lowest BCUT2D eigenvalue weighted by atomic mass is 9.92. The zero-order valence-electron chi connectivity index (χ0n) is 10.7. The van der Waals surface area contributed by atoms with Crippen LogP contribution in [0.4, 0.5) is 0 Å². The molecule has 96 valence electrons. The highest BCUT2D eigenvalue weighted by Crippen LogP contribution is 2.42. The first-order chi connectivity index (χ1) is 8.26. The Morgan fingerprint density at radius 3 is 2.76 bits per heavy atom. The molecule has 1 aromatic heterocycles. The second kappa shape index (κ2) is 6.35. The van der Waals surface area contributed by atoms with Crippen LogP contribution in [0.15, 0.2) is 15.2 Å². The van der Waals surface area contributed by atoms with Gasteiger partial charge in [-0.1, -0.05) is 26.7 Å². The molecule has 0 aromatic carbocycles. The Bertz CT molecular complexity index is 350. The largest absolute Gasteiger partial charge is 0.310 e. The first kappa shape index (κ1) is 13.6. The third-order valence-electron chi connectivity index (χ3n) is 4.03. The fourth-order valence-corrected chi connectivity index (χ4v) is 4.63. The van der Waals surface area contributed by atoms with Crippen LogP contribution in [-0.2, 0) is 0 Å². The Morgan fingerprint density at radius 1 is 1.41 bits per heavy atom. The van der Waals surface area contributed by atoms with Gasteiger partial charge >= 0.3 is 0 Å².